The molecule has 5 nitrogen and oxygen atoms in total. The van der Waals surface area contributed by atoms with E-state index < -0.39 is 11.7 Å². The summed E-state index contributed by atoms with van der Waals surface area (Å²) in [5, 5.41) is 0.716. The van der Waals surface area contributed by atoms with Crippen molar-refractivity contribution in [2.75, 3.05) is 40.3 Å². The van der Waals surface area contributed by atoms with Crippen LogP contribution in [0.25, 0.3) is 21.7 Å². The smallest absolute Gasteiger partial charge is 0.416 e. The van der Waals surface area contributed by atoms with Crippen molar-refractivity contribution in [3.63, 3.8) is 0 Å². The Morgan fingerprint density at radius 2 is 1.43 bits per heavy atom. The number of ether oxygens (including phenoxy) is 3. The minimum atomic E-state index is -4.39. The Hall–Kier alpha value is -2.94. The Morgan fingerprint density at radius 3 is 1.87 bits per heavy atom. The van der Waals surface area contributed by atoms with Gasteiger partial charge in [-0.2, -0.15) is 13.2 Å². The molecule has 2 aromatic carbocycles. The van der Waals surface area contributed by atoms with Crippen molar-refractivity contribution in [3.05, 3.63) is 42.0 Å². The summed E-state index contributed by atoms with van der Waals surface area (Å²) in [6.45, 7) is 0. The molecule has 9 heteroatoms. The molecular formula is C21H21F3N2O3S. The maximum atomic E-state index is 13.0. The van der Waals surface area contributed by atoms with Crippen LogP contribution in [0.2, 0.25) is 0 Å². The zero-order valence-corrected chi connectivity index (χ0v) is 17.9. The molecular weight excluding hydrogens is 417 g/mol. The van der Waals surface area contributed by atoms with Crippen LogP contribution >= 0.6 is 11.3 Å². The van der Waals surface area contributed by atoms with Crippen molar-refractivity contribution in [2.45, 2.75) is 6.18 Å². The van der Waals surface area contributed by atoms with Crippen molar-refractivity contribution < 1.29 is 27.4 Å². The molecule has 0 bridgehead atoms. The second-order valence-corrected chi connectivity index (χ2v) is 7.54. The molecule has 0 aliphatic heterocycles. The van der Waals surface area contributed by atoms with Crippen LogP contribution in [0.5, 0.6) is 17.2 Å². The first-order valence-electron chi connectivity index (χ1n) is 8.85. The Balaban J connectivity index is 2.19. The molecule has 0 fully saturated rings. The van der Waals surface area contributed by atoms with E-state index in [1.54, 1.807) is 12.1 Å². The number of aromatic nitrogens is 1. The van der Waals surface area contributed by atoms with Gasteiger partial charge in [0.05, 0.1) is 37.5 Å². The van der Waals surface area contributed by atoms with Crippen molar-refractivity contribution in [1.29, 1.82) is 0 Å². The van der Waals surface area contributed by atoms with Crippen LogP contribution in [0.15, 0.2) is 36.4 Å². The molecule has 0 unspecified atom stereocenters. The van der Waals surface area contributed by atoms with E-state index in [2.05, 4.69) is 0 Å². The van der Waals surface area contributed by atoms with Gasteiger partial charge in [-0.25, -0.2) is 4.98 Å². The van der Waals surface area contributed by atoms with Gasteiger partial charge in [-0.05, 0) is 29.8 Å². The molecule has 160 valence electrons. The van der Waals surface area contributed by atoms with Crippen LogP contribution in [0.1, 0.15) is 5.56 Å². The fourth-order valence-corrected chi connectivity index (χ4v) is 3.94. The van der Waals surface area contributed by atoms with E-state index in [1.165, 1.54) is 44.8 Å². The summed E-state index contributed by atoms with van der Waals surface area (Å²) in [6.07, 6.45) is -4.39. The first kappa shape index (κ1) is 21.8. The Labute approximate surface area is 176 Å². The fraction of sp³-hybridized carbons (Fsp3) is 0.286. The van der Waals surface area contributed by atoms with Gasteiger partial charge in [-0.1, -0.05) is 23.5 Å². The highest BCUT2D eigenvalue weighted by molar-refractivity contribution is 7.19. The molecule has 3 aromatic rings. The van der Waals surface area contributed by atoms with E-state index in [4.69, 9.17) is 19.2 Å². The van der Waals surface area contributed by atoms with Gasteiger partial charge in [0.1, 0.15) is 0 Å². The van der Waals surface area contributed by atoms with E-state index in [0.717, 1.165) is 17.0 Å². The number of benzene rings is 2. The first-order chi connectivity index (χ1) is 14.2. The van der Waals surface area contributed by atoms with Crippen molar-refractivity contribution in [2.24, 2.45) is 0 Å². The monoisotopic (exact) mass is 438 g/mol. The van der Waals surface area contributed by atoms with Gasteiger partial charge in [0.15, 0.2) is 16.6 Å². The van der Waals surface area contributed by atoms with Gasteiger partial charge in [-0.3, -0.25) is 0 Å². The van der Waals surface area contributed by atoms with Crippen LogP contribution in [-0.2, 0) is 6.18 Å². The van der Waals surface area contributed by atoms with Crippen molar-refractivity contribution in [3.8, 4) is 38.9 Å². The summed E-state index contributed by atoms with van der Waals surface area (Å²) < 4.78 is 55.1. The third kappa shape index (κ3) is 4.16. The number of hydrogen-bond acceptors (Lipinski definition) is 6. The number of methoxy groups -OCH3 is 3. The highest BCUT2D eigenvalue weighted by Gasteiger charge is 2.30. The summed E-state index contributed by atoms with van der Waals surface area (Å²) in [5.74, 6) is 1.37. The summed E-state index contributed by atoms with van der Waals surface area (Å²) >= 11 is 1.39. The number of rotatable bonds is 6. The van der Waals surface area contributed by atoms with Crippen molar-refractivity contribution >= 4 is 16.5 Å². The summed E-state index contributed by atoms with van der Waals surface area (Å²) in [5.41, 5.74) is 1.25. The SMILES string of the molecule is COc1cc(-c2nc(N(C)C)sc2-c2ccc(C(F)(F)F)cc2)cc(OC)c1OC. The van der Waals surface area contributed by atoms with Gasteiger partial charge in [0.25, 0.3) is 0 Å². The molecule has 0 atom stereocenters. The van der Waals surface area contributed by atoms with Crippen LogP contribution in [-0.4, -0.2) is 40.4 Å². The van der Waals surface area contributed by atoms with E-state index in [0.29, 0.717) is 39.2 Å². The third-order valence-electron chi connectivity index (χ3n) is 4.41. The third-order valence-corrected chi connectivity index (χ3v) is 5.68. The Morgan fingerprint density at radius 1 is 0.867 bits per heavy atom. The molecule has 0 amide bonds. The quantitative estimate of drug-likeness (QED) is 0.502. The molecule has 0 saturated carbocycles. The lowest BCUT2D eigenvalue weighted by Gasteiger charge is -2.14. The standard InChI is InChI=1S/C21H21F3N2O3S/c1-26(2)20-25-17(13-10-15(27-3)18(29-5)16(11-13)28-4)19(30-20)12-6-8-14(9-7-12)21(22,23)24/h6-11H,1-5H3. The summed E-state index contributed by atoms with van der Waals surface area (Å²) in [7, 11) is 8.26. The average Bonchev–Trinajstić information content (AvgIpc) is 3.18. The molecule has 0 radical (unpaired) electrons. The number of nitrogens with zero attached hydrogens (tertiary/aromatic N) is 2. The predicted molar refractivity (Wildman–Crippen MR) is 112 cm³/mol. The van der Waals surface area contributed by atoms with Crippen molar-refractivity contribution in [1.82, 2.24) is 4.98 Å². The van der Waals surface area contributed by atoms with E-state index in [1.807, 2.05) is 19.0 Å². The average molecular weight is 438 g/mol. The zero-order chi connectivity index (χ0) is 22.1. The molecule has 0 aliphatic rings. The maximum absolute atomic E-state index is 13.0. The number of halogens is 3. The topological polar surface area (TPSA) is 43.8 Å². The van der Waals surface area contributed by atoms with Gasteiger partial charge >= 0.3 is 6.18 Å². The lowest BCUT2D eigenvalue weighted by atomic mass is 10.0. The highest BCUT2D eigenvalue weighted by Crippen LogP contribution is 2.46. The summed E-state index contributed by atoms with van der Waals surface area (Å²) in [4.78, 5) is 7.29. The van der Waals surface area contributed by atoms with E-state index in [-0.39, 0.29) is 0 Å². The normalized spacial score (nSPS) is 11.3. The van der Waals surface area contributed by atoms with E-state index >= 15 is 0 Å². The van der Waals surface area contributed by atoms with Crippen LogP contribution in [0.4, 0.5) is 18.3 Å². The molecule has 0 N–H and O–H groups in total. The summed E-state index contributed by atoms with van der Waals surface area (Å²) in [6, 6.07) is 8.59. The lowest BCUT2D eigenvalue weighted by Crippen LogP contribution is -2.07. The van der Waals surface area contributed by atoms with E-state index in [9.17, 15) is 13.2 Å². The molecule has 30 heavy (non-hydrogen) atoms. The van der Waals surface area contributed by atoms with Gasteiger partial charge in [0, 0.05) is 19.7 Å². The van der Waals surface area contributed by atoms with Gasteiger partial charge < -0.3 is 19.1 Å². The molecule has 0 spiro atoms. The number of hydrogen-bond donors (Lipinski definition) is 0. The molecule has 3 rings (SSSR count). The Bertz CT molecular complexity index is 1010. The predicted octanol–water partition coefficient (Wildman–Crippen LogP) is 5.59. The minimum Gasteiger partial charge on any atom is -0.493 e. The van der Waals surface area contributed by atoms with Crippen LogP contribution in [0.3, 0.4) is 0 Å². The highest BCUT2D eigenvalue weighted by atomic mass is 32.1. The Kier molecular flexibility index (Phi) is 6.12. The lowest BCUT2D eigenvalue weighted by molar-refractivity contribution is -0.137. The van der Waals surface area contributed by atoms with Crippen LogP contribution < -0.4 is 19.1 Å². The number of anilines is 1. The van der Waals surface area contributed by atoms with Gasteiger partial charge in [0.2, 0.25) is 5.75 Å². The van der Waals surface area contributed by atoms with Crippen LogP contribution in [0, 0.1) is 0 Å². The second-order valence-electron chi connectivity index (χ2n) is 6.56. The molecule has 0 saturated heterocycles. The zero-order valence-electron chi connectivity index (χ0n) is 17.1. The minimum absolute atomic E-state index is 0.447. The largest absolute Gasteiger partial charge is 0.493 e. The second kappa shape index (κ2) is 8.43. The van der Waals surface area contributed by atoms with Gasteiger partial charge in [-0.15, -0.1) is 0 Å². The number of thiazole rings is 1. The molecule has 0 aliphatic carbocycles. The number of alkyl halides is 3. The maximum Gasteiger partial charge on any atom is 0.416 e. The fourth-order valence-electron chi connectivity index (χ4n) is 2.92. The molecule has 1 heterocycles. The first-order valence-corrected chi connectivity index (χ1v) is 9.67. The molecule has 1 aromatic heterocycles.